The minimum absolute atomic E-state index is 0.659. The van der Waals surface area contributed by atoms with Crippen molar-refractivity contribution < 1.29 is 14.3 Å². The van der Waals surface area contributed by atoms with Gasteiger partial charge in [0.1, 0.15) is 6.21 Å². The number of esters is 1. The fraction of sp³-hybridized carbons (Fsp3) is 0.250. The van der Waals surface area contributed by atoms with E-state index in [0.717, 1.165) is 6.21 Å². The molecule has 6 heteroatoms. The molecule has 0 saturated carbocycles. The predicted octanol–water partition coefficient (Wildman–Crippen LogP) is -1.19. The molecule has 0 heterocycles. The maximum Gasteiger partial charge on any atom is 0.350 e. The van der Waals surface area contributed by atoms with Crippen LogP contribution < -0.4 is 11.2 Å². The summed E-state index contributed by atoms with van der Waals surface area (Å²) in [5.41, 5.74) is 6.42. The monoisotopic (exact) mass is 145 g/mol. The largest absolute Gasteiger partial charge is 0.465 e. The third-order valence-electron chi connectivity index (χ3n) is 0.546. The Labute approximate surface area is 57.0 Å². The second-order valence-corrected chi connectivity index (χ2v) is 1.26. The Morgan fingerprint density at radius 2 is 2.30 bits per heavy atom. The van der Waals surface area contributed by atoms with E-state index in [9.17, 15) is 9.59 Å². The van der Waals surface area contributed by atoms with Crippen LogP contribution in [0.2, 0.25) is 0 Å². The Morgan fingerprint density at radius 3 is 2.70 bits per heavy atom. The first-order valence-corrected chi connectivity index (χ1v) is 2.33. The average molecular weight is 145 g/mol. The van der Waals surface area contributed by atoms with Gasteiger partial charge in [0.25, 0.3) is 0 Å². The van der Waals surface area contributed by atoms with Crippen LogP contribution in [-0.2, 0) is 9.53 Å². The van der Waals surface area contributed by atoms with E-state index < -0.39 is 12.0 Å². The van der Waals surface area contributed by atoms with Gasteiger partial charge in [-0.05, 0) is 0 Å². The molecular formula is C4H7N3O3. The zero-order valence-electron chi connectivity index (χ0n) is 5.33. The van der Waals surface area contributed by atoms with Crippen LogP contribution >= 0.6 is 0 Å². The molecule has 0 aromatic rings. The number of hydrogen-bond donors (Lipinski definition) is 2. The Balaban J connectivity index is 3.56. The van der Waals surface area contributed by atoms with E-state index in [4.69, 9.17) is 0 Å². The predicted molar refractivity (Wildman–Crippen MR) is 33.2 cm³/mol. The third kappa shape index (κ3) is 4.57. The lowest BCUT2D eigenvalue weighted by atomic mass is 10.8. The molecule has 0 saturated heterocycles. The first kappa shape index (κ1) is 8.41. The summed E-state index contributed by atoms with van der Waals surface area (Å²) in [5, 5.41) is 3.12. The van der Waals surface area contributed by atoms with Gasteiger partial charge >= 0.3 is 12.0 Å². The van der Waals surface area contributed by atoms with Crippen molar-refractivity contribution >= 4 is 18.2 Å². The second kappa shape index (κ2) is 4.30. The first-order chi connectivity index (χ1) is 4.66. The van der Waals surface area contributed by atoms with Crippen LogP contribution in [0.1, 0.15) is 0 Å². The lowest BCUT2D eigenvalue weighted by molar-refractivity contribution is -0.132. The van der Waals surface area contributed by atoms with E-state index >= 15 is 0 Å². The fourth-order valence-corrected chi connectivity index (χ4v) is 0.201. The summed E-state index contributed by atoms with van der Waals surface area (Å²) in [6.45, 7) is 0. The lowest BCUT2D eigenvalue weighted by Crippen LogP contribution is -2.25. The highest BCUT2D eigenvalue weighted by Gasteiger charge is 1.91. The molecule has 0 aliphatic heterocycles. The van der Waals surface area contributed by atoms with Gasteiger partial charge in [0, 0.05) is 0 Å². The second-order valence-electron chi connectivity index (χ2n) is 1.26. The maximum absolute atomic E-state index is 10.2. The van der Waals surface area contributed by atoms with Crippen molar-refractivity contribution in [1.29, 1.82) is 0 Å². The molecule has 2 amide bonds. The normalized spacial score (nSPS) is 9.30. The number of ether oxygens (including phenoxy) is 1. The summed E-state index contributed by atoms with van der Waals surface area (Å²) in [6.07, 6.45) is 0.796. The minimum Gasteiger partial charge on any atom is -0.465 e. The molecule has 10 heavy (non-hydrogen) atoms. The van der Waals surface area contributed by atoms with Crippen LogP contribution in [-0.4, -0.2) is 25.3 Å². The number of nitrogens with zero attached hydrogens (tertiary/aromatic N) is 1. The van der Waals surface area contributed by atoms with Crippen LogP contribution in [0.3, 0.4) is 0 Å². The highest BCUT2D eigenvalue weighted by Crippen LogP contribution is 1.65. The molecule has 3 N–H and O–H groups in total. The standard InChI is InChI=1S/C4H7N3O3/c1-10-3(8)2-6-7-4(5)9/h2H,1H3,(H3,5,7,9). The molecule has 0 aromatic carbocycles. The summed E-state index contributed by atoms with van der Waals surface area (Å²) in [4.78, 5) is 20.1. The van der Waals surface area contributed by atoms with Crippen molar-refractivity contribution in [2.45, 2.75) is 0 Å². The number of methoxy groups -OCH3 is 1. The lowest BCUT2D eigenvalue weighted by Gasteiger charge is -1.89. The number of rotatable bonds is 2. The van der Waals surface area contributed by atoms with E-state index in [0.29, 0.717) is 0 Å². The average Bonchev–Trinajstić information content (AvgIpc) is 1.87. The zero-order valence-corrected chi connectivity index (χ0v) is 5.33. The van der Waals surface area contributed by atoms with Crippen molar-refractivity contribution in [3.63, 3.8) is 0 Å². The Kier molecular flexibility index (Phi) is 3.62. The molecule has 0 fully saturated rings. The molecular weight excluding hydrogens is 138 g/mol. The van der Waals surface area contributed by atoms with Crippen LogP contribution in [0.25, 0.3) is 0 Å². The summed E-state index contributed by atoms with van der Waals surface area (Å²) in [7, 11) is 1.19. The fourth-order valence-electron chi connectivity index (χ4n) is 0.201. The van der Waals surface area contributed by atoms with Gasteiger partial charge < -0.3 is 10.5 Å². The molecule has 0 aliphatic carbocycles. The highest BCUT2D eigenvalue weighted by molar-refractivity contribution is 6.23. The van der Waals surface area contributed by atoms with Gasteiger partial charge in [-0.3, -0.25) is 0 Å². The molecule has 0 atom stereocenters. The number of amides is 2. The van der Waals surface area contributed by atoms with E-state index in [-0.39, 0.29) is 0 Å². The van der Waals surface area contributed by atoms with Gasteiger partial charge in [0.2, 0.25) is 0 Å². The molecule has 0 unspecified atom stereocenters. The molecule has 6 nitrogen and oxygen atoms in total. The van der Waals surface area contributed by atoms with E-state index in [2.05, 4.69) is 15.6 Å². The smallest absolute Gasteiger partial charge is 0.350 e. The number of carbonyl (C=O) groups excluding carboxylic acids is 2. The Hall–Kier alpha value is -1.59. The summed E-state index contributed by atoms with van der Waals surface area (Å²) in [6, 6.07) is -0.833. The number of nitrogens with one attached hydrogen (secondary N) is 1. The molecule has 56 valence electrons. The van der Waals surface area contributed by atoms with Crippen LogP contribution in [0.15, 0.2) is 5.10 Å². The highest BCUT2D eigenvalue weighted by atomic mass is 16.5. The number of urea groups is 1. The quantitative estimate of drug-likeness (QED) is 0.290. The topological polar surface area (TPSA) is 93.8 Å². The SMILES string of the molecule is COC(=O)C=NNC(N)=O. The van der Waals surface area contributed by atoms with Gasteiger partial charge in [-0.25, -0.2) is 15.0 Å². The number of hydrazone groups is 1. The van der Waals surface area contributed by atoms with Gasteiger partial charge in [-0.2, -0.15) is 5.10 Å². The van der Waals surface area contributed by atoms with Gasteiger partial charge in [0.15, 0.2) is 0 Å². The van der Waals surface area contributed by atoms with E-state index in [1.165, 1.54) is 7.11 Å². The van der Waals surface area contributed by atoms with Gasteiger partial charge in [-0.15, -0.1) is 0 Å². The number of carbonyl (C=O) groups is 2. The summed E-state index contributed by atoms with van der Waals surface area (Å²) in [5.74, 6) is -0.659. The number of primary amides is 1. The Morgan fingerprint density at radius 1 is 1.70 bits per heavy atom. The maximum atomic E-state index is 10.2. The van der Waals surface area contributed by atoms with Crippen LogP contribution in [0, 0.1) is 0 Å². The van der Waals surface area contributed by atoms with E-state index in [1.807, 2.05) is 5.43 Å². The summed E-state index contributed by atoms with van der Waals surface area (Å²) < 4.78 is 4.15. The molecule has 0 spiro atoms. The number of hydrogen-bond acceptors (Lipinski definition) is 4. The minimum atomic E-state index is -0.833. The van der Waals surface area contributed by atoms with Crippen LogP contribution in [0.5, 0.6) is 0 Å². The number of nitrogens with two attached hydrogens (primary N) is 1. The van der Waals surface area contributed by atoms with Gasteiger partial charge in [0.05, 0.1) is 7.11 Å². The van der Waals surface area contributed by atoms with Crippen molar-refractivity contribution in [2.75, 3.05) is 7.11 Å². The molecule has 0 rings (SSSR count). The van der Waals surface area contributed by atoms with Gasteiger partial charge in [-0.1, -0.05) is 0 Å². The van der Waals surface area contributed by atoms with Crippen molar-refractivity contribution in [2.24, 2.45) is 10.8 Å². The van der Waals surface area contributed by atoms with Crippen molar-refractivity contribution in [3.05, 3.63) is 0 Å². The van der Waals surface area contributed by atoms with E-state index in [1.54, 1.807) is 0 Å². The Bertz CT molecular complexity index is 165. The molecule has 0 bridgehead atoms. The first-order valence-electron chi connectivity index (χ1n) is 2.33. The van der Waals surface area contributed by atoms with Crippen molar-refractivity contribution in [3.8, 4) is 0 Å². The molecule has 0 aromatic heterocycles. The van der Waals surface area contributed by atoms with Crippen LogP contribution in [0.4, 0.5) is 4.79 Å². The molecule has 0 aliphatic rings. The zero-order chi connectivity index (χ0) is 7.98. The molecule has 0 radical (unpaired) electrons. The summed E-state index contributed by atoms with van der Waals surface area (Å²) >= 11 is 0. The third-order valence-corrected chi connectivity index (χ3v) is 0.546. The van der Waals surface area contributed by atoms with Crippen molar-refractivity contribution in [1.82, 2.24) is 5.43 Å².